The van der Waals surface area contributed by atoms with Gasteiger partial charge in [0.15, 0.2) is 0 Å². The second-order valence-electron chi connectivity index (χ2n) is 5.62. The van der Waals surface area contributed by atoms with E-state index in [9.17, 15) is 9.59 Å². The number of imide groups is 1. The van der Waals surface area contributed by atoms with Gasteiger partial charge in [-0.1, -0.05) is 17.8 Å². The fourth-order valence-electron chi connectivity index (χ4n) is 2.38. The maximum atomic E-state index is 12.4. The van der Waals surface area contributed by atoms with Crippen LogP contribution in [0.2, 0.25) is 0 Å². The van der Waals surface area contributed by atoms with Crippen LogP contribution in [0.1, 0.15) is 18.1 Å². The average molecular weight is 346 g/mol. The molecular formula is C15H18N6O2S. The SMILES string of the molecule is Cc1ccc(-n2nnnc2SC(C)C(=O)N2CCNC2=O)cc1C. The lowest BCUT2D eigenvalue weighted by atomic mass is 10.1. The molecule has 1 N–H and O–H groups in total. The standard InChI is InChI=1S/C15H18N6O2S/c1-9-4-5-12(8-10(9)2)21-15(17-18-19-21)24-11(3)13(22)20-7-6-16-14(20)23/h4-5,8,11H,6-7H2,1-3H3,(H,16,23). The van der Waals surface area contributed by atoms with Crippen LogP contribution in [0.15, 0.2) is 23.4 Å². The first kappa shape index (κ1) is 16.4. The largest absolute Gasteiger partial charge is 0.336 e. The highest BCUT2D eigenvalue weighted by Gasteiger charge is 2.31. The molecule has 2 aromatic rings. The Morgan fingerprint density at radius 2 is 2.12 bits per heavy atom. The fourth-order valence-corrected chi connectivity index (χ4v) is 3.25. The number of aryl methyl sites for hydroxylation is 2. The number of nitrogens with zero attached hydrogens (tertiary/aromatic N) is 5. The second-order valence-corrected chi connectivity index (χ2v) is 6.93. The molecular weight excluding hydrogens is 328 g/mol. The Morgan fingerprint density at radius 1 is 1.33 bits per heavy atom. The van der Waals surface area contributed by atoms with Crippen LogP contribution in [0.4, 0.5) is 4.79 Å². The molecule has 2 heterocycles. The van der Waals surface area contributed by atoms with Crippen molar-refractivity contribution < 1.29 is 9.59 Å². The molecule has 1 aromatic heterocycles. The van der Waals surface area contributed by atoms with Gasteiger partial charge >= 0.3 is 6.03 Å². The quantitative estimate of drug-likeness (QED) is 0.839. The number of carbonyl (C=O) groups is 2. The highest BCUT2D eigenvalue weighted by atomic mass is 32.2. The molecule has 0 saturated carbocycles. The Labute approximate surface area is 143 Å². The number of hydrogen-bond acceptors (Lipinski definition) is 6. The molecule has 0 aliphatic carbocycles. The molecule has 0 radical (unpaired) electrons. The minimum atomic E-state index is -0.467. The summed E-state index contributed by atoms with van der Waals surface area (Å²) in [6.45, 7) is 6.69. The topological polar surface area (TPSA) is 93.0 Å². The average Bonchev–Trinajstić information content (AvgIpc) is 3.18. The predicted molar refractivity (Wildman–Crippen MR) is 89.1 cm³/mol. The summed E-state index contributed by atoms with van der Waals surface area (Å²) >= 11 is 1.23. The summed E-state index contributed by atoms with van der Waals surface area (Å²) in [5.74, 6) is -0.246. The Morgan fingerprint density at radius 3 is 2.79 bits per heavy atom. The fraction of sp³-hybridized carbons (Fsp3) is 0.400. The molecule has 3 amide bonds. The lowest BCUT2D eigenvalue weighted by molar-refractivity contribution is -0.126. The van der Waals surface area contributed by atoms with Gasteiger partial charge in [0, 0.05) is 13.1 Å². The van der Waals surface area contributed by atoms with E-state index in [1.807, 2.05) is 32.0 Å². The monoisotopic (exact) mass is 346 g/mol. The Hall–Kier alpha value is -2.42. The van der Waals surface area contributed by atoms with Crippen molar-refractivity contribution in [2.75, 3.05) is 13.1 Å². The zero-order valence-electron chi connectivity index (χ0n) is 13.7. The van der Waals surface area contributed by atoms with Crippen molar-refractivity contribution in [2.45, 2.75) is 31.2 Å². The van der Waals surface area contributed by atoms with Crippen LogP contribution >= 0.6 is 11.8 Å². The maximum absolute atomic E-state index is 12.4. The summed E-state index contributed by atoms with van der Waals surface area (Å²) in [7, 11) is 0. The van der Waals surface area contributed by atoms with Crippen molar-refractivity contribution >= 4 is 23.7 Å². The van der Waals surface area contributed by atoms with Crippen molar-refractivity contribution in [3.63, 3.8) is 0 Å². The van der Waals surface area contributed by atoms with E-state index in [1.54, 1.807) is 11.6 Å². The van der Waals surface area contributed by atoms with E-state index in [-0.39, 0.29) is 11.9 Å². The molecule has 9 heteroatoms. The minimum absolute atomic E-state index is 0.246. The van der Waals surface area contributed by atoms with Crippen LogP contribution in [0.25, 0.3) is 5.69 Å². The number of aromatic nitrogens is 4. The van der Waals surface area contributed by atoms with E-state index in [0.29, 0.717) is 18.2 Å². The van der Waals surface area contributed by atoms with E-state index >= 15 is 0 Å². The van der Waals surface area contributed by atoms with Crippen molar-refractivity contribution in [2.24, 2.45) is 0 Å². The molecule has 0 spiro atoms. The van der Waals surface area contributed by atoms with E-state index in [0.717, 1.165) is 11.3 Å². The molecule has 1 saturated heterocycles. The summed E-state index contributed by atoms with van der Waals surface area (Å²) < 4.78 is 1.60. The van der Waals surface area contributed by atoms with Gasteiger partial charge in [0.2, 0.25) is 11.1 Å². The molecule has 8 nitrogen and oxygen atoms in total. The van der Waals surface area contributed by atoms with Crippen LogP contribution in [-0.2, 0) is 4.79 Å². The number of tetrazole rings is 1. The smallest absolute Gasteiger partial charge is 0.324 e. The number of thioether (sulfide) groups is 1. The normalized spacial score (nSPS) is 15.5. The molecule has 1 atom stereocenters. The summed E-state index contributed by atoms with van der Waals surface area (Å²) in [5.41, 5.74) is 3.16. The van der Waals surface area contributed by atoms with Gasteiger partial charge in [0.1, 0.15) is 0 Å². The number of carbonyl (C=O) groups excluding carboxylic acids is 2. The van der Waals surface area contributed by atoms with Gasteiger partial charge in [-0.25, -0.2) is 4.79 Å². The molecule has 1 aliphatic rings. The van der Waals surface area contributed by atoms with Gasteiger partial charge in [0.25, 0.3) is 0 Å². The van der Waals surface area contributed by atoms with Crippen LogP contribution in [0, 0.1) is 13.8 Å². The number of nitrogens with one attached hydrogen (secondary N) is 1. The van der Waals surface area contributed by atoms with Gasteiger partial charge in [-0.2, -0.15) is 4.68 Å². The first-order valence-electron chi connectivity index (χ1n) is 7.59. The molecule has 0 bridgehead atoms. The van der Waals surface area contributed by atoms with Crippen molar-refractivity contribution in [1.29, 1.82) is 0 Å². The van der Waals surface area contributed by atoms with E-state index in [4.69, 9.17) is 0 Å². The summed E-state index contributed by atoms with van der Waals surface area (Å²) in [6.07, 6.45) is 0. The first-order chi connectivity index (χ1) is 11.5. The molecule has 126 valence electrons. The minimum Gasteiger partial charge on any atom is -0.336 e. The molecule has 1 aliphatic heterocycles. The molecule has 1 fully saturated rings. The van der Waals surface area contributed by atoms with Gasteiger partial charge in [0.05, 0.1) is 10.9 Å². The van der Waals surface area contributed by atoms with Crippen LogP contribution < -0.4 is 5.32 Å². The second kappa shape index (κ2) is 6.60. The first-order valence-corrected chi connectivity index (χ1v) is 8.47. The summed E-state index contributed by atoms with van der Waals surface area (Å²) in [4.78, 5) is 25.2. The van der Waals surface area contributed by atoms with Crippen LogP contribution in [0.3, 0.4) is 0 Å². The zero-order chi connectivity index (χ0) is 17.3. The maximum Gasteiger partial charge on any atom is 0.324 e. The lowest BCUT2D eigenvalue weighted by Crippen LogP contribution is -2.39. The Kier molecular flexibility index (Phi) is 4.52. The van der Waals surface area contributed by atoms with Gasteiger partial charge < -0.3 is 5.32 Å². The van der Waals surface area contributed by atoms with Crippen LogP contribution in [0.5, 0.6) is 0 Å². The van der Waals surface area contributed by atoms with Gasteiger partial charge in [-0.3, -0.25) is 9.69 Å². The van der Waals surface area contributed by atoms with Crippen molar-refractivity contribution in [3.8, 4) is 5.69 Å². The molecule has 24 heavy (non-hydrogen) atoms. The summed E-state index contributed by atoms with van der Waals surface area (Å²) in [6, 6.07) is 5.59. The van der Waals surface area contributed by atoms with E-state index in [1.165, 1.54) is 22.2 Å². The predicted octanol–water partition coefficient (Wildman–Crippen LogP) is 1.31. The lowest BCUT2D eigenvalue weighted by Gasteiger charge is -2.17. The van der Waals surface area contributed by atoms with E-state index in [2.05, 4.69) is 20.8 Å². The van der Waals surface area contributed by atoms with Crippen molar-refractivity contribution in [1.82, 2.24) is 30.4 Å². The Balaban J connectivity index is 1.79. The third-order valence-corrected chi connectivity index (χ3v) is 4.95. The number of benzene rings is 1. The zero-order valence-corrected chi connectivity index (χ0v) is 14.5. The van der Waals surface area contributed by atoms with Gasteiger partial charge in [-0.15, -0.1) is 5.10 Å². The highest BCUT2D eigenvalue weighted by molar-refractivity contribution is 8.00. The number of rotatable bonds is 4. The Bertz CT molecular complexity index is 790. The third kappa shape index (κ3) is 3.12. The highest BCUT2D eigenvalue weighted by Crippen LogP contribution is 2.25. The van der Waals surface area contributed by atoms with Crippen LogP contribution in [-0.4, -0.2) is 55.4 Å². The number of urea groups is 1. The molecule has 3 rings (SSSR count). The van der Waals surface area contributed by atoms with Gasteiger partial charge in [-0.05, 0) is 54.5 Å². The molecule has 1 unspecified atom stereocenters. The number of amides is 3. The van der Waals surface area contributed by atoms with E-state index < -0.39 is 5.25 Å². The number of hydrogen-bond donors (Lipinski definition) is 1. The van der Waals surface area contributed by atoms with Crippen molar-refractivity contribution in [3.05, 3.63) is 29.3 Å². The molecule has 1 aromatic carbocycles. The third-order valence-electron chi connectivity index (χ3n) is 3.93. The summed E-state index contributed by atoms with van der Waals surface area (Å²) in [5, 5.41) is 14.4.